The quantitative estimate of drug-likeness (QED) is 0.488. The molecule has 6 nitrogen and oxygen atoms in total. The normalized spacial score (nSPS) is 14.2. The van der Waals surface area contributed by atoms with Gasteiger partial charge >= 0.3 is 5.97 Å². The van der Waals surface area contributed by atoms with E-state index in [1.807, 2.05) is 36.4 Å². The van der Waals surface area contributed by atoms with Crippen LogP contribution in [0, 0.1) is 11.7 Å². The number of likely N-dealkylation sites (tertiary alicyclic amines) is 1. The zero-order valence-corrected chi connectivity index (χ0v) is 17.2. The third kappa shape index (κ3) is 4.02. The van der Waals surface area contributed by atoms with Crippen molar-refractivity contribution in [2.75, 3.05) is 13.1 Å². The number of fused-ring (bicyclic) bond motifs is 1. The molecule has 158 valence electrons. The van der Waals surface area contributed by atoms with Crippen LogP contribution in [0.5, 0.6) is 0 Å². The largest absolute Gasteiger partial charge is 0.481 e. The number of benzene rings is 3. The summed E-state index contributed by atoms with van der Waals surface area (Å²) in [4.78, 5) is 17.7. The summed E-state index contributed by atoms with van der Waals surface area (Å²) in [6, 6.07) is 17.9. The van der Waals surface area contributed by atoms with Crippen LogP contribution in [0.4, 0.5) is 4.39 Å². The van der Waals surface area contributed by atoms with Crippen LogP contribution >= 0.6 is 12.4 Å². The molecule has 0 aliphatic carbocycles. The Kier molecular flexibility index (Phi) is 5.71. The van der Waals surface area contributed by atoms with Gasteiger partial charge in [-0.15, -0.1) is 12.4 Å². The highest BCUT2D eigenvalue weighted by molar-refractivity contribution is 5.97. The highest BCUT2D eigenvalue weighted by Crippen LogP contribution is 2.32. The van der Waals surface area contributed by atoms with Gasteiger partial charge in [-0.3, -0.25) is 9.69 Å². The summed E-state index contributed by atoms with van der Waals surface area (Å²) in [5.74, 6) is -0.539. The Morgan fingerprint density at radius 3 is 2.48 bits per heavy atom. The van der Waals surface area contributed by atoms with E-state index < -0.39 is 5.97 Å². The molecule has 0 bridgehead atoms. The molecule has 1 saturated heterocycles. The zero-order valence-electron chi connectivity index (χ0n) is 16.4. The molecule has 0 saturated carbocycles. The molecule has 31 heavy (non-hydrogen) atoms. The summed E-state index contributed by atoms with van der Waals surface area (Å²) in [6.07, 6.45) is 0. The Bertz CT molecular complexity index is 1240. The van der Waals surface area contributed by atoms with Gasteiger partial charge in [-0.2, -0.15) is 4.98 Å². The summed E-state index contributed by atoms with van der Waals surface area (Å²) < 4.78 is 18.6. The fourth-order valence-electron chi connectivity index (χ4n) is 3.83. The molecule has 1 N–H and O–H groups in total. The van der Waals surface area contributed by atoms with E-state index in [1.54, 1.807) is 12.1 Å². The lowest BCUT2D eigenvalue weighted by Gasteiger charge is -2.36. The van der Waals surface area contributed by atoms with Crippen LogP contribution in [-0.2, 0) is 11.3 Å². The molecule has 4 aromatic rings. The van der Waals surface area contributed by atoms with E-state index in [4.69, 9.17) is 9.63 Å². The highest BCUT2D eigenvalue weighted by Gasteiger charge is 2.32. The number of aliphatic carboxylic acids is 1. The minimum absolute atomic E-state index is 0. The van der Waals surface area contributed by atoms with Gasteiger partial charge in [-0.1, -0.05) is 41.6 Å². The number of carboxylic acid groups (broad SMARTS) is 1. The average Bonchev–Trinajstić information content (AvgIpc) is 3.20. The minimum atomic E-state index is -0.736. The van der Waals surface area contributed by atoms with E-state index in [0.29, 0.717) is 36.9 Å². The van der Waals surface area contributed by atoms with Crippen molar-refractivity contribution in [1.82, 2.24) is 15.0 Å². The predicted molar refractivity (Wildman–Crippen MR) is 116 cm³/mol. The Morgan fingerprint density at radius 1 is 1.06 bits per heavy atom. The van der Waals surface area contributed by atoms with Crippen molar-refractivity contribution in [2.45, 2.75) is 6.54 Å². The molecule has 8 heteroatoms. The van der Waals surface area contributed by atoms with Crippen molar-refractivity contribution in [3.63, 3.8) is 0 Å². The highest BCUT2D eigenvalue weighted by atomic mass is 35.5. The first kappa shape index (κ1) is 21.0. The Labute approximate surface area is 183 Å². The van der Waals surface area contributed by atoms with Gasteiger partial charge in [-0.25, -0.2) is 4.39 Å². The fraction of sp³-hybridized carbons (Fsp3) is 0.174. The first-order valence-corrected chi connectivity index (χ1v) is 9.64. The second-order valence-electron chi connectivity index (χ2n) is 7.48. The van der Waals surface area contributed by atoms with Crippen molar-refractivity contribution in [3.05, 3.63) is 72.0 Å². The SMILES string of the molecule is Cl.O=C(O)C1CN(Cc2ccc(-c3noc(-c4ccc(F)cc4)n3)c3ccccc23)C1. The number of hydrogen-bond acceptors (Lipinski definition) is 5. The van der Waals surface area contributed by atoms with E-state index >= 15 is 0 Å². The Morgan fingerprint density at radius 2 is 1.77 bits per heavy atom. The molecule has 0 spiro atoms. The van der Waals surface area contributed by atoms with E-state index in [9.17, 15) is 9.18 Å². The lowest BCUT2D eigenvalue weighted by atomic mass is 9.95. The van der Waals surface area contributed by atoms with E-state index in [-0.39, 0.29) is 24.1 Å². The molecule has 1 aromatic heterocycles. The summed E-state index contributed by atoms with van der Waals surface area (Å²) in [7, 11) is 0. The van der Waals surface area contributed by atoms with Crippen LogP contribution in [0.15, 0.2) is 65.2 Å². The van der Waals surface area contributed by atoms with Crippen molar-refractivity contribution < 1.29 is 18.8 Å². The van der Waals surface area contributed by atoms with Crippen LogP contribution in [0.1, 0.15) is 5.56 Å². The molecule has 0 unspecified atom stereocenters. The van der Waals surface area contributed by atoms with Gasteiger partial charge in [0.15, 0.2) is 0 Å². The van der Waals surface area contributed by atoms with Gasteiger partial charge < -0.3 is 9.63 Å². The number of aromatic nitrogens is 2. The van der Waals surface area contributed by atoms with Gasteiger partial charge in [0.25, 0.3) is 5.89 Å². The standard InChI is InChI=1S/C23H18FN3O3.ClH/c24-17-8-5-14(6-9-17)22-25-21(26-30-22)20-10-7-15(18-3-1-2-4-19(18)20)11-27-12-16(13-27)23(28)29;/h1-10,16H,11-13H2,(H,28,29);1H. The zero-order chi connectivity index (χ0) is 20.7. The van der Waals surface area contributed by atoms with Crippen LogP contribution in [0.25, 0.3) is 33.6 Å². The van der Waals surface area contributed by atoms with E-state index in [0.717, 1.165) is 21.9 Å². The molecule has 0 amide bonds. The minimum Gasteiger partial charge on any atom is -0.481 e. The number of carboxylic acids is 1. The first-order chi connectivity index (χ1) is 14.6. The number of carbonyl (C=O) groups is 1. The lowest BCUT2D eigenvalue weighted by molar-refractivity contribution is -0.147. The molecule has 0 atom stereocenters. The van der Waals surface area contributed by atoms with Crippen LogP contribution in [-0.4, -0.2) is 39.2 Å². The second kappa shape index (κ2) is 8.45. The molecular formula is C23H19ClFN3O3. The van der Waals surface area contributed by atoms with Crippen LogP contribution in [0.3, 0.4) is 0 Å². The number of halogens is 2. The van der Waals surface area contributed by atoms with E-state index in [2.05, 4.69) is 15.0 Å². The summed E-state index contributed by atoms with van der Waals surface area (Å²) in [6.45, 7) is 1.83. The molecular weight excluding hydrogens is 421 g/mol. The van der Waals surface area contributed by atoms with Crippen molar-refractivity contribution in [3.8, 4) is 22.8 Å². The summed E-state index contributed by atoms with van der Waals surface area (Å²) in [5, 5.41) is 15.3. The third-order valence-electron chi connectivity index (χ3n) is 5.47. The maximum atomic E-state index is 13.2. The van der Waals surface area contributed by atoms with Gasteiger partial charge in [0.2, 0.25) is 5.82 Å². The summed E-state index contributed by atoms with van der Waals surface area (Å²) >= 11 is 0. The van der Waals surface area contributed by atoms with Crippen molar-refractivity contribution in [2.24, 2.45) is 5.92 Å². The lowest BCUT2D eigenvalue weighted by Crippen LogP contribution is -2.49. The van der Waals surface area contributed by atoms with Crippen molar-refractivity contribution >= 4 is 29.1 Å². The number of rotatable bonds is 5. The Hall–Kier alpha value is -3.29. The average molecular weight is 440 g/mol. The third-order valence-corrected chi connectivity index (χ3v) is 5.47. The Balaban J connectivity index is 0.00000231. The maximum Gasteiger partial charge on any atom is 0.309 e. The molecule has 3 aromatic carbocycles. The van der Waals surface area contributed by atoms with E-state index in [1.165, 1.54) is 12.1 Å². The van der Waals surface area contributed by atoms with Gasteiger partial charge in [0.1, 0.15) is 5.82 Å². The summed E-state index contributed by atoms with van der Waals surface area (Å²) in [5.41, 5.74) is 2.63. The van der Waals surface area contributed by atoms with Crippen LogP contribution in [0.2, 0.25) is 0 Å². The molecule has 1 fully saturated rings. The van der Waals surface area contributed by atoms with Crippen LogP contribution < -0.4 is 0 Å². The number of nitrogens with zero attached hydrogens (tertiary/aromatic N) is 3. The van der Waals surface area contributed by atoms with Gasteiger partial charge in [0.05, 0.1) is 5.92 Å². The van der Waals surface area contributed by atoms with Crippen molar-refractivity contribution in [1.29, 1.82) is 0 Å². The van der Waals surface area contributed by atoms with Gasteiger partial charge in [0, 0.05) is 30.8 Å². The topological polar surface area (TPSA) is 79.5 Å². The molecule has 1 aliphatic heterocycles. The van der Waals surface area contributed by atoms with Gasteiger partial charge in [-0.05, 0) is 40.6 Å². The monoisotopic (exact) mass is 439 g/mol. The molecule has 5 rings (SSSR count). The maximum absolute atomic E-state index is 13.2. The predicted octanol–water partition coefficient (Wildman–Crippen LogP) is 4.63. The first-order valence-electron chi connectivity index (χ1n) is 9.64. The smallest absolute Gasteiger partial charge is 0.309 e. The number of hydrogen-bond donors (Lipinski definition) is 1. The molecule has 2 heterocycles. The molecule has 1 aliphatic rings. The second-order valence-corrected chi connectivity index (χ2v) is 7.48. The molecule has 0 radical (unpaired) electrons. The fourth-order valence-corrected chi connectivity index (χ4v) is 3.83.